The Bertz CT molecular complexity index is 330. The van der Waals surface area contributed by atoms with Gasteiger partial charge in [-0.15, -0.1) is 0 Å². The van der Waals surface area contributed by atoms with Gasteiger partial charge >= 0.3 is 0 Å². The van der Waals surface area contributed by atoms with E-state index in [0.717, 1.165) is 0 Å². The summed E-state index contributed by atoms with van der Waals surface area (Å²) in [4.78, 5) is 11.4. The molecule has 5 nitrogen and oxygen atoms in total. The van der Waals surface area contributed by atoms with Crippen LogP contribution in [0.3, 0.4) is 0 Å². The molecule has 0 amide bonds. The van der Waals surface area contributed by atoms with Crippen molar-refractivity contribution < 1.29 is 19.7 Å². The van der Waals surface area contributed by atoms with Crippen LogP contribution in [0.2, 0.25) is 0 Å². The first-order valence-corrected chi connectivity index (χ1v) is 4.59. The molecule has 0 bridgehead atoms. The fourth-order valence-corrected chi connectivity index (χ4v) is 1.27. The van der Waals surface area contributed by atoms with Gasteiger partial charge in [0, 0.05) is 18.6 Å². The number of aliphatic hydroxyl groups is 2. The fourth-order valence-electron chi connectivity index (χ4n) is 1.27. The number of allylic oxidation sites excluding steroid dienone is 2. The third kappa shape index (κ3) is 2.74. The summed E-state index contributed by atoms with van der Waals surface area (Å²) in [5.74, 6) is -0.0985. The molecule has 0 radical (unpaired) electrons. The molecule has 82 valence electrons. The molecule has 0 aromatic carbocycles. The topological polar surface area (TPSA) is 90.6 Å². The van der Waals surface area contributed by atoms with Gasteiger partial charge in [-0.05, 0) is 12.2 Å². The Balaban J connectivity index is 2.91. The molecular formula is C10H13NO4. The summed E-state index contributed by atoms with van der Waals surface area (Å²) >= 11 is 0. The molecule has 0 saturated carbocycles. The molecule has 0 saturated heterocycles. The maximum Gasteiger partial charge on any atom is 0.185 e. The standard InChI is InChI=1S/C10H13NO4/c11-8-1-2-9(14)7(3-4-12)10(8)15-6-5-13/h1-2,11-13H,3-6H2. The minimum atomic E-state index is -0.256. The van der Waals surface area contributed by atoms with Crippen LogP contribution < -0.4 is 0 Å². The summed E-state index contributed by atoms with van der Waals surface area (Å²) in [5, 5.41) is 24.9. The molecular weight excluding hydrogens is 198 g/mol. The van der Waals surface area contributed by atoms with E-state index in [4.69, 9.17) is 20.4 Å². The van der Waals surface area contributed by atoms with Crippen LogP contribution in [0.1, 0.15) is 6.42 Å². The lowest BCUT2D eigenvalue weighted by atomic mass is 9.99. The number of ketones is 1. The van der Waals surface area contributed by atoms with Gasteiger partial charge in [0.15, 0.2) is 11.5 Å². The zero-order valence-corrected chi connectivity index (χ0v) is 8.19. The summed E-state index contributed by atoms with van der Waals surface area (Å²) < 4.78 is 5.10. The predicted molar refractivity (Wildman–Crippen MR) is 53.6 cm³/mol. The maximum absolute atomic E-state index is 11.4. The van der Waals surface area contributed by atoms with Crippen molar-refractivity contribution in [2.24, 2.45) is 0 Å². The first-order valence-electron chi connectivity index (χ1n) is 4.59. The second kappa shape index (κ2) is 5.43. The number of rotatable bonds is 5. The van der Waals surface area contributed by atoms with Gasteiger partial charge in [-0.2, -0.15) is 0 Å². The summed E-state index contributed by atoms with van der Waals surface area (Å²) in [6, 6.07) is 0. The molecule has 0 aliphatic heterocycles. The molecule has 0 spiro atoms. The van der Waals surface area contributed by atoms with Crippen molar-refractivity contribution in [2.45, 2.75) is 6.42 Å². The van der Waals surface area contributed by atoms with E-state index < -0.39 is 0 Å². The third-order valence-corrected chi connectivity index (χ3v) is 1.92. The molecule has 0 aromatic heterocycles. The Morgan fingerprint density at radius 2 is 2.00 bits per heavy atom. The number of nitrogens with one attached hydrogen (secondary N) is 1. The first-order chi connectivity index (χ1) is 7.20. The van der Waals surface area contributed by atoms with Crippen molar-refractivity contribution in [3.8, 4) is 0 Å². The highest BCUT2D eigenvalue weighted by Crippen LogP contribution is 2.18. The summed E-state index contributed by atoms with van der Waals surface area (Å²) in [6.07, 6.45) is 2.78. The number of aliphatic hydroxyl groups excluding tert-OH is 2. The molecule has 15 heavy (non-hydrogen) atoms. The molecule has 0 heterocycles. The lowest BCUT2D eigenvalue weighted by molar-refractivity contribution is -0.111. The van der Waals surface area contributed by atoms with Crippen molar-refractivity contribution in [3.05, 3.63) is 23.5 Å². The third-order valence-electron chi connectivity index (χ3n) is 1.92. The van der Waals surface area contributed by atoms with E-state index >= 15 is 0 Å². The van der Waals surface area contributed by atoms with Crippen LogP contribution in [0.5, 0.6) is 0 Å². The van der Waals surface area contributed by atoms with Crippen LogP contribution in [-0.2, 0) is 9.53 Å². The Kier molecular flexibility index (Phi) is 4.20. The van der Waals surface area contributed by atoms with Crippen molar-refractivity contribution in [1.82, 2.24) is 0 Å². The van der Waals surface area contributed by atoms with Crippen molar-refractivity contribution in [1.29, 1.82) is 5.41 Å². The van der Waals surface area contributed by atoms with Gasteiger partial charge in [0.2, 0.25) is 0 Å². The van der Waals surface area contributed by atoms with Gasteiger partial charge in [-0.1, -0.05) is 0 Å². The number of hydrogen-bond acceptors (Lipinski definition) is 5. The van der Waals surface area contributed by atoms with E-state index in [9.17, 15) is 4.79 Å². The highest BCUT2D eigenvalue weighted by molar-refractivity contribution is 6.20. The van der Waals surface area contributed by atoms with E-state index in [2.05, 4.69) is 0 Å². The van der Waals surface area contributed by atoms with Crippen LogP contribution >= 0.6 is 0 Å². The average Bonchev–Trinajstić information content (AvgIpc) is 2.23. The van der Waals surface area contributed by atoms with Crippen molar-refractivity contribution >= 4 is 11.5 Å². The molecule has 0 fully saturated rings. The van der Waals surface area contributed by atoms with Crippen LogP contribution in [0.4, 0.5) is 0 Å². The van der Waals surface area contributed by atoms with E-state index in [1.807, 2.05) is 0 Å². The number of hydrogen-bond donors (Lipinski definition) is 3. The molecule has 5 heteroatoms. The largest absolute Gasteiger partial charge is 0.489 e. The highest BCUT2D eigenvalue weighted by atomic mass is 16.5. The zero-order valence-electron chi connectivity index (χ0n) is 8.19. The number of ether oxygens (including phenoxy) is 1. The quantitative estimate of drug-likeness (QED) is 0.549. The van der Waals surface area contributed by atoms with E-state index in [1.54, 1.807) is 0 Å². The molecule has 0 atom stereocenters. The normalized spacial score (nSPS) is 16.1. The van der Waals surface area contributed by atoms with Crippen molar-refractivity contribution in [2.75, 3.05) is 19.8 Å². The van der Waals surface area contributed by atoms with Crippen molar-refractivity contribution in [3.63, 3.8) is 0 Å². The van der Waals surface area contributed by atoms with Crippen LogP contribution in [0.15, 0.2) is 23.5 Å². The summed E-state index contributed by atoms with van der Waals surface area (Å²) in [5.41, 5.74) is 0.380. The van der Waals surface area contributed by atoms with Gasteiger partial charge in [-0.3, -0.25) is 10.2 Å². The van der Waals surface area contributed by atoms with E-state index in [0.29, 0.717) is 5.57 Å². The Hall–Kier alpha value is -1.46. The van der Waals surface area contributed by atoms with Gasteiger partial charge in [0.1, 0.15) is 6.61 Å². The minimum absolute atomic E-state index is 0.0355. The van der Waals surface area contributed by atoms with Gasteiger partial charge in [0.25, 0.3) is 0 Å². The minimum Gasteiger partial charge on any atom is -0.489 e. The van der Waals surface area contributed by atoms with Crippen LogP contribution in [-0.4, -0.2) is 41.5 Å². The molecule has 3 N–H and O–H groups in total. The number of carbonyl (C=O) groups is 1. The lowest BCUT2D eigenvalue weighted by Crippen LogP contribution is -2.18. The average molecular weight is 211 g/mol. The first kappa shape index (κ1) is 11.6. The second-order valence-corrected chi connectivity index (χ2v) is 2.96. The zero-order chi connectivity index (χ0) is 11.3. The van der Waals surface area contributed by atoms with Gasteiger partial charge < -0.3 is 14.9 Å². The van der Waals surface area contributed by atoms with Gasteiger partial charge in [-0.25, -0.2) is 0 Å². The molecule has 0 unspecified atom stereocenters. The van der Waals surface area contributed by atoms with E-state index in [1.165, 1.54) is 12.2 Å². The Morgan fingerprint density at radius 3 is 2.60 bits per heavy atom. The maximum atomic E-state index is 11.4. The summed E-state index contributed by atoms with van der Waals surface area (Å²) in [6.45, 7) is -0.316. The Labute approximate surface area is 87.2 Å². The SMILES string of the molecule is N=C1C=CC(=O)C(CCO)=C1OCCO. The highest BCUT2D eigenvalue weighted by Gasteiger charge is 2.21. The second-order valence-electron chi connectivity index (χ2n) is 2.96. The molecule has 1 aliphatic carbocycles. The van der Waals surface area contributed by atoms with Crippen LogP contribution in [0, 0.1) is 5.41 Å². The smallest absolute Gasteiger partial charge is 0.185 e. The fraction of sp³-hybridized carbons (Fsp3) is 0.400. The Morgan fingerprint density at radius 1 is 1.27 bits per heavy atom. The monoisotopic (exact) mass is 211 g/mol. The molecule has 0 aromatic rings. The molecule has 1 aliphatic rings. The summed E-state index contributed by atoms with van der Waals surface area (Å²) in [7, 11) is 0. The lowest BCUT2D eigenvalue weighted by Gasteiger charge is -2.16. The molecule has 1 rings (SSSR count). The predicted octanol–water partition coefficient (Wildman–Crippen LogP) is -0.210. The van der Waals surface area contributed by atoms with E-state index in [-0.39, 0.29) is 43.5 Å². The van der Waals surface area contributed by atoms with Gasteiger partial charge in [0.05, 0.1) is 12.3 Å². The van der Waals surface area contributed by atoms with Crippen LogP contribution in [0.25, 0.3) is 0 Å². The number of carbonyl (C=O) groups excluding carboxylic acids is 1.